The number of nitrogens with two attached hydrogens (primary N) is 1. The highest BCUT2D eigenvalue weighted by Gasteiger charge is 2.16. The largest absolute Gasteiger partial charge is 0.481 e. The smallest absolute Gasteiger partial charge is 0.306 e. The molecule has 0 aliphatic rings. The number of rotatable bonds is 9. The highest BCUT2D eigenvalue weighted by molar-refractivity contribution is 5.69. The number of carboxylic acids is 1. The van der Waals surface area contributed by atoms with Gasteiger partial charge in [0.2, 0.25) is 0 Å². The predicted octanol–water partition coefficient (Wildman–Crippen LogP) is 2.36. The molecule has 0 radical (unpaired) electrons. The Balaban J connectivity index is 2.49. The summed E-state index contributed by atoms with van der Waals surface area (Å²) in [6, 6.07) is 6.24. The third-order valence-electron chi connectivity index (χ3n) is 3.28. The van der Waals surface area contributed by atoms with Crippen molar-refractivity contribution in [3.8, 4) is 0 Å². The molecule has 3 N–H and O–H groups in total. The van der Waals surface area contributed by atoms with Gasteiger partial charge in [-0.3, -0.25) is 14.9 Å². The Hall–Kier alpha value is -1.95. The van der Waals surface area contributed by atoms with Crippen LogP contribution in [-0.2, 0) is 11.2 Å². The van der Waals surface area contributed by atoms with E-state index < -0.39 is 10.9 Å². The zero-order valence-electron chi connectivity index (χ0n) is 11.3. The maximum Gasteiger partial charge on any atom is 0.306 e. The minimum absolute atomic E-state index is 0.0477. The van der Waals surface area contributed by atoms with Crippen LogP contribution in [0.2, 0.25) is 0 Å². The number of non-ortho nitro benzene ring substituents is 1. The Kier molecular flexibility index (Phi) is 6.66. The maximum atomic E-state index is 11.1. The SMILES string of the molecule is NCCCCC(CCc1ccc([N+](=O)[O-])cc1)C(=O)O. The van der Waals surface area contributed by atoms with Crippen LogP contribution in [0, 0.1) is 16.0 Å². The van der Waals surface area contributed by atoms with Crippen LogP contribution >= 0.6 is 0 Å². The quantitative estimate of drug-likeness (QED) is 0.410. The first-order chi connectivity index (χ1) is 9.54. The topological polar surface area (TPSA) is 106 Å². The zero-order chi connectivity index (χ0) is 15.0. The number of hydrogen-bond acceptors (Lipinski definition) is 4. The lowest BCUT2D eigenvalue weighted by Crippen LogP contribution is -2.15. The summed E-state index contributed by atoms with van der Waals surface area (Å²) in [5, 5.41) is 19.7. The van der Waals surface area contributed by atoms with E-state index in [0.29, 0.717) is 25.8 Å². The average molecular weight is 280 g/mol. The van der Waals surface area contributed by atoms with Gasteiger partial charge in [0.25, 0.3) is 5.69 Å². The lowest BCUT2D eigenvalue weighted by atomic mass is 9.94. The number of carboxylic acid groups (broad SMARTS) is 1. The van der Waals surface area contributed by atoms with Crippen LogP contribution in [0.5, 0.6) is 0 Å². The Morgan fingerprint density at radius 2 is 1.90 bits per heavy atom. The van der Waals surface area contributed by atoms with Gasteiger partial charge in [0.15, 0.2) is 0 Å². The van der Waals surface area contributed by atoms with Gasteiger partial charge >= 0.3 is 5.97 Å². The minimum Gasteiger partial charge on any atom is -0.481 e. The molecule has 0 spiro atoms. The lowest BCUT2D eigenvalue weighted by molar-refractivity contribution is -0.384. The molecule has 0 heterocycles. The Morgan fingerprint density at radius 3 is 2.40 bits per heavy atom. The normalized spacial score (nSPS) is 12.1. The number of nitro groups is 1. The Morgan fingerprint density at radius 1 is 1.25 bits per heavy atom. The molecule has 0 amide bonds. The van der Waals surface area contributed by atoms with Crippen molar-refractivity contribution >= 4 is 11.7 Å². The molecule has 0 fully saturated rings. The number of carbonyl (C=O) groups is 1. The molecular weight excluding hydrogens is 260 g/mol. The first kappa shape index (κ1) is 16.1. The van der Waals surface area contributed by atoms with Crippen molar-refractivity contribution in [1.82, 2.24) is 0 Å². The molecule has 0 aliphatic heterocycles. The van der Waals surface area contributed by atoms with E-state index in [2.05, 4.69) is 0 Å². The summed E-state index contributed by atoms with van der Waals surface area (Å²) in [6.07, 6.45) is 3.42. The zero-order valence-corrected chi connectivity index (χ0v) is 11.3. The fourth-order valence-corrected chi connectivity index (χ4v) is 2.05. The van der Waals surface area contributed by atoms with Crippen LogP contribution in [0.25, 0.3) is 0 Å². The monoisotopic (exact) mass is 280 g/mol. The van der Waals surface area contributed by atoms with E-state index in [1.165, 1.54) is 12.1 Å². The second-order valence-corrected chi connectivity index (χ2v) is 4.78. The second kappa shape index (κ2) is 8.27. The molecule has 1 rings (SSSR count). The van der Waals surface area contributed by atoms with Gasteiger partial charge in [-0.1, -0.05) is 18.6 Å². The molecule has 1 aromatic rings. The van der Waals surface area contributed by atoms with Crippen molar-refractivity contribution in [2.45, 2.75) is 32.1 Å². The van der Waals surface area contributed by atoms with E-state index in [0.717, 1.165) is 18.4 Å². The van der Waals surface area contributed by atoms with Crippen molar-refractivity contribution in [2.75, 3.05) is 6.54 Å². The summed E-state index contributed by atoms with van der Waals surface area (Å²) in [5.74, 6) is -1.17. The number of benzene rings is 1. The second-order valence-electron chi connectivity index (χ2n) is 4.78. The van der Waals surface area contributed by atoms with E-state index in [4.69, 9.17) is 10.8 Å². The highest BCUT2D eigenvalue weighted by atomic mass is 16.6. The van der Waals surface area contributed by atoms with Gasteiger partial charge in [0.1, 0.15) is 0 Å². The molecule has 0 aliphatic carbocycles. The van der Waals surface area contributed by atoms with Gasteiger partial charge in [0.05, 0.1) is 10.8 Å². The van der Waals surface area contributed by atoms with Crippen LogP contribution in [0.1, 0.15) is 31.2 Å². The fourth-order valence-electron chi connectivity index (χ4n) is 2.05. The van der Waals surface area contributed by atoms with Gasteiger partial charge in [-0.25, -0.2) is 0 Å². The number of aliphatic carboxylic acids is 1. The Bertz CT molecular complexity index is 445. The summed E-state index contributed by atoms with van der Waals surface area (Å²) in [6.45, 7) is 0.578. The maximum absolute atomic E-state index is 11.1. The molecule has 110 valence electrons. The van der Waals surface area contributed by atoms with Crippen LogP contribution < -0.4 is 5.73 Å². The van der Waals surface area contributed by atoms with Crippen LogP contribution in [0.3, 0.4) is 0 Å². The van der Waals surface area contributed by atoms with E-state index in [1.54, 1.807) is 12.1 Å². The molecule has 6 nitrogen and oxygen atoms in total. The Labute approximate surface area is 117 Å². The van der Waals surface area contributed by atoms with Crippen LogP contribution in [0.15, 0.2) is 24.3 Å². The molecular formula is C14H20N2O4. The van der Waals surface area contributed by atoms with Crippen molar-refractivity contribution < 1.29 is 14.8 Å². The van der Waals surface area contributed by atoms with Crippen molar-refractivity contribution in [3.05, 3.63) is 39.9 Å². The van der Waals surface area contributed by atoms with Crippen molar-refractivity contribution in [3.63, 3.8) is 0 Å². The lowest BCUT2D eigenvalue weighted by Gasteiger charge is -2.11. The summed E-state index contributed by atoms with van der Waals surface area (Å²) in [4.78, 5) is 21.2. The third-order valence-corrected chi connectivity index (χ3v) is 3.28. The molecule has 1 atom stereocenters. The molecule has 0 bridgehead atoms. The molecule has 0 saturated carbocycles. The van der Waals surface area contributed by atoms with Gasteiger partial charge in [-0.15, -0.1) is 0 Å². The molecule has 0 aromatic heterocycles. The van der Waals surface area contributed by atoms with E-state index in [-0.39, 0.29) is 11.6 Å². The van der Waals surface area contributed by atoms with Crippen molar-refractivity contribution in [2.24, 2.45) is 11.7 Å². The van der Waals surface area contributed by atoms with E-state index >= 15 is 0 Å². The molecule has 1 aromatic carbocycles. The number of aryl methyl sites for hydroxylation is 1. The average Bonchev–Trinajstić information content (AvgIpc) is 2.42. The summed E-state index contributed by atoms with van der Waals surface area (Å²) >= 11 is 0. The number of unbranched alkanes of at least 4 members (excludes halogenated alkanes) is 1. The molecule has 1 unspecified atom stereocenters. The summed E-state index contributed by atoms with van der Waals surface area (Å²) in [5.41, 5.74) is 6.36. The van der Waals surface area contributed by atoms with E-state index in [9.17, 15) is 14.9 Å². The summed E-state index contributed by atoms with van der Waals surface area (Å²) in [7, 11) is 0. The molecule has 6 heteroatoms. The molecule has 20 heavy (non-hydrogen) atoms. The van der Waals surface area contributed by atoms with Gasteiger partial charge in [-0.05, 0) is 37.8 Å². The number of nitro benzene ring substituents is 1. The van der Waals surface area contributed by atoms with Gasteiger partial charge in [-0.2, -0.15) is 0 Å². The number of hydrogen-bond donors (Lipinski definition) is 2. The molecule has 0 saturated heterocycles. The first-order valence-corrected chi connectivity index (χ1v) is 6.70. The first-order valence-electron chi connectivity index (χ1n) is 6.70. The number of nitrogens with zero attached hydrogens (tertiary/aromatic N) is 1. The minimum atomic E-state index is -0.788. The van der Waals surface area contributed by atoms with E-state index in [1.807, 2.05) is 0 Å². The predicted molar refractivity (Wildman–Crippen MR) is 75.4 cm³/mol. The van der Waals surface area contributed by atoms with Crippen LogP contribution in [0.4, 0.5) is 5.69 Å². The highest BCUT2D eigenvalue weighted by Crippen LogP contribution is 2.18. The van der Waals surface area contributed by atoms with Crippen LogP contribution in [-0.4, -0.2) is 22.5 Å². The van der Waals surface area contributed by atoms with Gasteiger partial charge < -0.3 is 10.8 Å². The standard InChI is InChI=1S/C14H20N2O4/c15-10-2-1-3-12(14(17)18)7-4-11-5-8-13(9-6-11)16(19)20/h5-6,8-9,12H,1-4,7,10,15H2,(H,17,18). The van der Waals surface area contributed by atoms with Crippen molar-refractivity contribution in [1.29, 1.82) is 0 Å². The third kappa shape index (κ3) is 5.36. The van der Waals surface area contributed by atoms with Gasteiger partial charge in [0, 0.05) is 12.1 Å². The summed E-state index contributed by atoms with van der Waals surface area (Å²) < 4.78 is 0. The fraction of sp³-hybridized carbons (Fsp3) is 0.500.